The van der Waals surface area contributed by atoms with Gasteiger partial charge < -0.3 is 4.74 Å². The molecule has 2 bridgehead atoms. The third kappa shape index (κ3) is 1.98. The zero-order valence-corrected chi connectivity index (χ0v) is 13.6. The molecule has 3 nitrogen and oxygen atoms in total. The Bertz CT molecular complexity index is 409. The van der Waals surface area contributed by atoms with Gasteiger partial charge in [0.2, 0.25) is 0 Å². The molecule has 7 atom stereocenters. The number of nitrogens with two attached hydrogens (primary N) is 1. The van der Waals surface area contributed by atoms with Crippen LogP contribution in [0.3, 0.4) is 0 Å². The fraction of sp³-hybridized carbons (Fsp3) is 1.00. The second kappa shape index (κ2) is 4.86. The van der Waals surface area contributed by atoms with Crippen molar-refractivity contribution in [2.75, 3.05) is 18.1 Å². The van der Waals surface area contributed by atoms with Gasteiger partial charge in [-0.1, -0.05) is 0 Å². The molecule has 21 heavy (non-hydrogen) atoms. The minimum Gasteiger partial charge on any atom is -0.374 e. The summed E-state index contributed by atoms with van der Waals surface area (Å²) in [4.78, 5) is 0. The largest absolute Gasteiger partial charge is 0.374 e. The van der Waals surface area contributed by atoms with Crippen molar-refractivity contribution in [3.05, 3.63) is 0 Å². The topological polar surface area (TPSA) is 47.3 Å². The lowest BCUT2D eigenvalue weighted by Gasteiger charge is -2.41. The molecule has 0 amide bonds. The zero-order valence-electron chi connectivity index (χ0n) is 12.8. The van der Waals surface area contributed by atoms with Gasteiger partial charge in [-0.15, -0.1) is 0 Å². The predicted octanol–water partition coefficient (Wildman–Crippen LogP) is 2.41. The highest BCUT2D eigenvalue weighted by Crippen LogP contribution is 2.71. The lowest BCUT2D eigenvalue weighted by molar-refractivity contribution is -0.0871. The number of hydrazine groups is 1. The molecular weight excluding hydrogens is 280 g/mol. The maximum Gasteiger partial charge on any atom is 0.0783 e. The van der Waals surface area contributed by atoms with E-state index in [0.29, 0.717) is 6.04 Å². The van der Waals surface area contributed by atoms with E-state index >= 15 is 0 Å². The summed E-state index contributed by atoms with van der Waals surface area (Å²) in [5.74, 6) is 14.4. The van der Waals surface area contributed by atoms with Crippen LogP contribution >= 0.6 is 11.8 Å². The van der Waals surface area contributed by atoms with Crippen molar-refractivity contribution in [3.63, 3.8) is 0 Å². The standard InChI is InChI=1S/C17H28N2OS/c18-19-16(15-13-10-1-2-11(7-10)14(13)15)12-3-5-20-17(8-12)4-6-21-9-17/h10-16,19H,1-9,18H2. The molecule has 2 aliphatic heterocycles. The lowest BCUT2D eigenvalue weighted by atomic mass is 9.78. The van der Waals surface area contributed by atoms with E-state index in [2.05, 4.69) is 17.2 Å². The van der Waals surface area contributed by atoms with Gasteiger partial charge >= 0.3 is 0 Å². The van der Waals surface area contributed by atoms with Gasteiger partial charge in [0.1, 0.15) is 0 Å². The normalized spacial score (nSPS) is 55.9. The van der Waals surface area contributed by atoms with Gasteiger partial charge in [0.15, 0.2) is 0 Å². The van der Waals surface area contributed by atoms with Crippen molar-refractivity contribution in [2.24, 2.45) is 41.4 Å². The summed E-state index contributed by atoms with van der Waals surface area (Å²) in [6, 6.07) is 0.565. The SMILES string of the molecule is NNC(C1CCOC2(CCSC2)C1)C1C2C3CCC(C3)C21. The highest BCUT2D eigenvalue weighted by molar-refractivity contribution is 7.99. The molecule has 5 fully saturated rings. The molecule has 0 aromatic heterocycles. The number of nitrogens with one attached hydrogen (secondary N) is 1. The fourth-order valence-electron chi connectivity index (χ4n) is 6.67. The first-order valence-electron chi connectivity index (χ1n) is 8.99. The van der Waals surface area contributed by atoms with Crippen LogP contribution in [0.15, 0.2) is 0 Å². The summed E-state index contributed by atoms with van der Waals surface area (Å²) in [6.07, 6.45) is 8.28. The van der Waals surface area contributed by atoms with Crippen molar-refractivity contribution in [1.29, 1.82) is 0 Å². The van der Waals surface area contributed by atoms with Crippen molar-refractivity contribution in [3.8, 4) is 0 Å². The number of hydrogen-bond donors (Lipinski definition) is 2. The Morgan fingerprint density at radius 3 is 2.67 bits per heavy atom. The molecule has 3 saturated carbocycles. The molecule has 5 aliphatic rings. The quantitative estimate of drug-likeness (QED) is 0.621. The summed E-state index contributed by atoms with van der Waals surface area (Å²) < 4.78 is 6.21. The molecule has 2 heterocycles. The molecule has 7 unspecified atom stereocenters. The Balaban J connectivity index is 1.32. The van der Waals surface area contributed by atoms with Crippen molar-refractivity contribution in [1.82, 2.24) is 5.43 Å². The third-order valence-corrected chi connectivity index (χ3v) is 8.73. The highest BCUT2D eigenvalue weighted by Gasteiger charge is 2.67. The summed E-state index contributed by atoms with van der Waals surface area (Å²) in [5.41, 5.74) is 3.48. The van der Waals surface area contributed by atoms with E-state index < -0.39 is 0 Å². The van der Waals surface area contributed by atoms with Crippen LogP contribution in [-0.4, -0.2) is 29.8 Å². The van der Waals surface area contributed by atoms with Gasteiger partial charge in [0.05, 0.1) is 5.60 Å². The van der Waals surface area contributed by atoms with E-state index in [0.717, 1.165) is 42.1 Å². The first-order valence-corrected chi connectivity index (χ1v) is 10.1. The first kappa shape index (κ1) is 13.6. The van der Waals surface area contributed by atoms with Crippen molar-refractivity contribution < 1.29 is 4.74 Å². The maximum absolute atomic E-state index is 6.21. The van der Waals surface area contributed by atoms with Crippen LogP contribution in [-0.2, 0) is 4.74 Å². The zero-order chi connectivity index (χ0) is 14.0. The van der Waals surface area contributed by atoms with Crippen LogP contribution in [0.25, 0.3) is 0 Å². The van der Waals surface area contributed by atoms with E-state index in [1.165, 1.54) is 50.0 Å². The fourth-order valence-corrected chi connectivity index (χ4v) is 8.05. The average molecular weight is 308 g/mol. The summed E-state index contributed by atoms with van der Waals surface area (Å²) in [6.45, 7) is 0.957. The Morgan fingerprint density at radius 1 is 1.19 bits per heavy atom. The molecule has 1 spiro atoms. The van der Waals surface area contributed by atoms with Crippen molar-refractivity contribution >= 4 is 11.8 Å². The smallest absolute Gasteiger partial charge is 0.0783 e. The van der Waals surface area contributed by atoms with E-state index in [-0.39, 0.29) is 5.60 Å². The molecule has 3 N–H and O–H groups in total. The van der Waals surface area contributed by atoms with Crippen LogP contribution in [0, 0.1) is 35.5 Å². The van der Waals surface area contributed by atoms with E-state index in [1.807, 2.05) is 0 Å². The van der Waals surface area contributed by atoms with Gasteiger partial charge in [0.25, 0.3) is 0 Å². The molecular formula is C17H28N2OS. The minimum atomic E-state index is 0.200. The van der Waals surface area contributed by atoms with E-state index in [4.69, 9.17) is 10.6 Å². The van der Waals surface area contributed by atoms with Crippen LogP contribution < -0.4 is 11.3 Å². The third-order valence-electron chi connectivity index (χ3n) is 7.51. The molecule has 0 aromatic rings. The van der Waals surface area contributed by atoms with Crippen LogP contribution in [0.4, 0.5) is 0 Å². The Morgan fingerprint density at radius 2 is 2.00 bits per heavy atom. The number of ether oxygens (including phenoxy) is 1. The van der Waals surface area contributed by atoms with Crippen molar-refractivity contribution in [2.45, 2.75) is 50.2 Å². The summed E-state index contributed by atoms with van der Waals surface area (Å²) in [7, 11) is 0. The molecule has 118 valence electrons. The molecule has 4 heteroatoms. The Hall–Kier alpha value is 0.230. The van der Waals surface area contributed by atoms with E-state index in [9.17, 15) is 0 Å². The minimum absolute atomic E-state index is 0.200. The average Bonchev–Trinajstić information content (AvgIpc) is 2.88. The number of fused-ring (bicyclic) bond motifs is 5. The molecule has 3 aliphatic carbocycles. The molecule has 0 radical (unpaired) electrons. The highest BCUT2D eigenvalue weighted by atomic mass is 32.2. The second-order valence-electron chi connectivity index (χ2n) is 8.34. The second-order valence-corrected chi connectivity index (χ2v) is 9.45. The monoisotopic (exact) mass is 308 g/mol. The lowest BCUT2D eigenvalue weighted by Crippen LogP contribution is -2.50. The maximum atomic E-state index is 6.21. The van der Waals surface area contributed by atoms with Gasteiger partial charge in [-0.25, -0.2) is 0 Å². The van der Waals surface area contributed by atoms with Crippen LogP contribution in [0.5, 0.6) is 0 Å². The summed E-state index contributed by atoms with van der Waals surface area (Å²) >= 11 is 2.08. The van der Waals surface area contributed by atoms with Gasteiger partial charge in [-0.2, -0.15) is 11.8 Å². The van der Waals surface area contributed by atoms with E-state index in [1.54, 1.807) is 0 Å². The first-order chi connectivity index (χ1) is 10.3. The molecule has 2 saturated heterocycles. The Kier molecular flexibility index (Phi) is 3.16. The van der Waals surface area contributed by atoms with Crippen LogP contribution in [0.2, 0.25) is 0 Å². The number of hydrogen-bond acceptors (Lipinski definition) is 4. The Labute approximate surface area is 132 Å². The number of thioether (sulfide) groups is 1. The molecule has 0 aromatic carbocycles. The molecule has 5 rings (SSSR count). The van der Waals surface area contributed by atoms with Gasteiger partial charge in [0, 0.05) is 18.4 Å². The van der Waals surface area contributed by atoms with Crippen LogP contribution in [0.1, 0.15) is 38.5 Å². The van der Waals surface area contributed by atoms with Gasteiger partial charge in [-0.05, 0) is 79.8 Å². The summed E-state index contributed by atoms with van der Waals surface area (Å²) in [5, 5.41) is 0. The van der Waals surface area contributed by atoms with Gasteiger partial charge in [-0.3, -0.25) is 11.3 Å². The number of rotatable bonds is 3. The predicted molar refractivity (Wildman–Crippen MR) is 85.8 cm³/mol.